The SMILES string of the molecule is COCCCNC(=O)c1nn(C)c2c1CCN(C(=O)OC(C)(C)C)C2. The fraction of sp³-hybridized carbons (Fsp3) is 0.706. The van der Waals surface area contributed by atoms with Crippen LogP contribution in [0.2, 0.25) is 0 Å². The standard InChI is InChI=1S/C17H28N4O4/c1-17(2,3)25-16(23)21-9-7-12-13(11-21)20(4)19-14(12)15(22)18-8-6-10-24-5/h6-11H2,1-5H3,(H,18,22). The molecule has 0 aromatic carbocycles. The minimum atomic E-state index is -0.531. The molecule has 0 spiro atoms. The zero-order valence-electron chi connectivity index (χ0n) is 15.7. The summed E-state index contributed by atoms with van der Waals surface area (Å²) >= 11 is 0. The zero-order chi connectivity index (χ0) is 18.6. The third-order valence-corrected chi connectivity index (χ3v) is 3.92. The van der Waals surface area contributed by atoms with Crippen LogP contribution in [-0.2, 0) is 29.5 Å². The van der Waals surface area contributed by atoms with E-state index >= 15 is 0 Å². The second-order valence-electron chi connectivity index (χ2n) is 7.15. The van der Waals surface area contributed by atoms with E-state index in [2.05, 4.69) is 10.4 Å². The average Bonchev–Trinajstić information content (AvgIpc) is 2.86. The lowest BCUT2D eigenvalue weighted by Gasteiger charge is -2.30. The number of hydrogen-bond donors (Lipinski definition) is 1. The molecule has 0 bridgehead atoms. The molecule has 25 heavy (non-hydrogen) atoms. The van der Waals surface area contributed by atoms with Gasteiger partial charge in [0.2, 0.25) is 0 Å². The van der Waals surface area contributed by atoms with Crippen molar-refractivity contribution in [3.05, 3.63) is 17.0 Å². The number of ether oxygens (including phenoxy) is 2. The highest BCUT2D eigenvalue weighted by Crippen LogP contribution is 2.23. The maximum absolute atomic E-state index is 12.4. The van der Waals surface area contributed by atoms with E-state index < -0.39 is 5.60 Å². The Bertz CT molecular complexity index is 633. The summed E-state index contributed by atoms with van der Waals surface area (Å²) < 4.78 is 12.1. The highest BCUT2D eigenvalue weighted by atomic mass is 16.6. The summed E-state index contributed by atoms with van der Waals surface area (Å²) in [6, 6.07) is 0. The Balaban J connectivity index is 2.05. The van der Waals surface area contributed by atoms with E-state index in [0.717, 1.165) is 17.7 Å². The lowest BCUT2D eigenvalue weighted by atomic mass is 10.0. The zero-order valence-corrected chi connectivity index (χ0v) is 15.7. The minimum Gasteiger partial charge on any atom is -0.444 e. The summed E-state index contributed by atoms with van der Waals surface area (Å²) in [5, 5.41) is 7.22. The maximum Gasteiger partial charge on any atom is 0.410 e. The number of nitrogens with one attached hydrogen (secondary N) is 1. The van der Waals surface area contributed by atoms with Crippen molar-refractivity contribution in [2.75, 3.05) is 26.8 Å². The van der Waals surface area contributed by atoms with E-state index in [0.29, 0.717) is 38.4 Å². The van der Waals surface area contributed by atoms with Gasteiger partial charge in [-0.05, 0) is 33.6 Å². The van der Waals surface area contributed by atoms with E-state index in [-0.39, 0.29) is 12.0 Å². The van der Waals surface area contributed by atoms with Crippen molar-refractivity contribution < 1.29 is 19.1 Å². The number of rotatable bonds is 5. The highest BCUT2D eigenvalue weighted by molar-refractivity contribution is 5.94. The fourth-order valence-corrected chi connectivity index (χ4v) is 2.74. The summed E-state index contributed by atoms with van der Waals surface area (Å²) in [6.07, 6.45) is 0.998. The van der Waals surface area contributed by atoms with Gasteiger partial charge in [0.15, 0.2) is 5.69 Å². The number of fused-ring (bicyclic) bond motifs is 1. The molecule has 2 heterocycles. The molecule has 0 atom stereocenters. The largest absolute Gasteiger partial charge is 0.444 e. The van der Waals surface area contributed by atoms with Gasteiger partial charge in [0.25, 0.3) is 5.91 Å². The monoisotopic (exact) mass is 352 g/mol. The second kappa shape index (κ2) is 7.86. The number of methoxy groups -OCH3 is 1. The molecule has 2 amide bonds. The first-order chi connectivity index (χ1) is 11.7. The molecule has 1 aliphatic rings. The molecular formula is C17H28N4O4. The molecule has 8 heteroatoms. The van der Waals surface area contributed by atoms with Gasteiger partial charge in [0.05, 0.1) is 12.2 Å². The van der Waals surface area contributed by atoms with E-state index in [1.54, 1.807) is 23.7 Å². The minimum absolute atomic E-state index is 0.182. The number of amides is 2. The second-order valence-corrected chi connectivity index (χ2v) is 7.15. The van der Waals surface area contributed by atoms with Gasteiger partial charge in [-0.15, -0.1) is 0 Å². The molecule has 8 nitrogen and oxygen atoms in total. The quantitative estimate of drug-likeness (QED) is 0.811. The molecule has 2 rings (SSSR count). The van der Waals surface area contributed by atoms with Crippen LogP contribution in [0.25, 0.3) is 0 Å². The summed E-state index contributed by atoms with van der Waals surface area (Å²) in [5.74, 6) is -0.182. The predicted molar refractivity (Wildman–Crippen MR) is 92.4 cm³/mol. The number of carbonyl (C=O) groups is 2. The van der Waals surface area contributed by atoms with E-state index in [1.807, 2.05) is 20.8 Å². The first kappa shape index (κ1) is 19.2. The first-order valence-corrected chi connectivity index (χ1v) is 8.52. The number of nitrogens with zero attached hydrogens (tertiary/aromatic N) is 3. The Labute approximate surface area is 148 Å². The van der Waals surface area contributed by atoms with Crippen LogP contribution in [0.3, 0.4) is 0 Å². The Hall–Kier alpha value is -2.09. The van der Waals surface area contributed by atoms with Crippen LogP contribution in [0, 0.1) is 0 Å². The van der Waals surface area contributed by atoms with Crippen LogP contribution in [0.15, 0.2) is 0 Å². The summed E-state index contributed by atoms with van der Waals surface area (Å²) in [6.45, 7) is 7.58. The number of aryl methyl sites for hydroxylation is 1. The molecule has 1 aliphatic heterocycles. The summed E-state index contributed by atoms with van der Waals surface area (Å²) in [5.41, 5.74) is 1.70. The Morgan fingerprint density at radius 1 is 1.32 bits per heavy atom. The van der Waals surface area contributed by atoms with Crippen LogP contribution in [-0.4, -0.2) is 59.1 Å². The molecule has 1 aromatic heterocycles. The van der Waals surface area contributed by atoms with Gasteiger partial charge in [-0.1, -0.05) is 0 Å². The topological polar surface area (TPSA) is 85.7 Å². The number of aromatic nitrogens is 2. The van der Waals surface area contributed by atoms with Crippen LogP contribution in [0.4, 0.5) is 4.79 Å². The summed E-state index contributed by atoms with van der Waals surface area (Å²) in [4.78, 5) is 26.3. The van der Waals surface area contributed by atoms with Crippen molar-refractivity contribution in [2.45, 2.75) is 45.8 Å². The van der Waals surface area contributed by atoms with Crippen molar-refractivity contribution in [1.29, 1.82) is 0 Å². The molecule has 0 radical (unpaired) electrons. The van der Waals surface area contributed by atoms with Crippen LogP contribution in [0.5, 0.6) is 0 Å². The van der Waals surface area contributed by atoms with Crippen molar-refractivity contribution in [3.63, 3.8) is 0 Å². The molecule has 1 aromatic rings. The van der Waals surface area contributed by atoms with Crippen LogP contribution >= 0.6 is 0 Å². The van der Waals surface area contributed by atoms with Crippen molar-refractivity contribution in [2.24, 2.45) is 7.05 Å². The Morgan fingerprint density at radius 2 is 2.04 bits per heavy atom. The third-order valence-electron chi connectivity index (χ3n) is 3.92. The van der Waals surface area contributed by atoms with Crippen LogP contribution < -0.4 is 5.32 Å². The van der Waals surface area contributed by atoms with Gasteiger partial charge < -0.3 is 19.7 Å². The molecule has 0 fully saturated rings. The van der Waals surface area contributed by atoms with Gasteiger partial charge >= 0.3 is 6.09 Å². The Morgan fingerprint density at radius 3 is 2.68 bits per heavy atom. The lowest BCUT2D eigenvalue weighted by molar-refractivity contribution is 0.0219. The predicted octanol–water partition coefficient (Wildman–Crippen LogP) is 1.48. The smallest absolute Gasteiger partial charge is 0.410 e. The third kappa shape index (κ3) is 4.94. The van der Waals surface area contributed by atoms with Crippen LogP contribution in [0.1, 0.15) is 48.9 Å². The molecule has 1 N–H and O–H groups in total. The Kier molecular flexibility index (Phi) is 6.05. The van der Waals surface area contributed by atoms with Gasteiger partial charge in [-0.25, -0.2) is 4.79 Å². The fourth-order valence-electron chi connectivity index (χ4n) is 2.74. The van der Waals surface area contributed by atoms with E-state index in [1.165, 1.54) is 0 Å². The molecule has 0 saturated carbocycles. The average molecular weight is 352 g/mol. The highest BCUT2D eigenvalue weighted by Gasteiger charge is 2.31. The molecule has 0 unspecified atom stereocenters. The van der Waals surface area contributed by atoms with Crippen molar-refractivity contribution in [3.8, 4) is 0 Å². The van der Waals surface area contributed by atoms with Gasteiger partial charge in [0.1, 0.15) is 5.60 Å². The van der Waals surface area contributed by atoms with Gasteiger partial charge in [0, 0.05) is 39.4 Å². The normalized spacial score (nSPS) is 14.2. The first-order valence-electron chi connectivity index (χ1n) is 8.52. The molecular weight excluding hydrogens is 324 g/mol. The van der Waals surface area contributed by atoms with Gasteiger partial charge in [-0.2, -0.15) is 5.10 Å². The maximum atomic E-state index is 12.4. The number of hydrogen-bond acceptors (Lipinski definition) is 5. The van der Waals surface area contributed by atoms with Gasteiger partial charge in [-0.3, -0.25) is 9.48 Å². The lowest BCUT2D eigenvalue weighted by Crippen LogP contribution is -2.40. The molecule has 0 saturated heterocycles. The molecule has 140 valence electrons. The molecule has 0 aliphatic carbocycles. The summed E-state index contributed by atoms with van der Waals surface area (Å²) in [7, 11) is 3.42. The van der Waals surface area contributed by atoms with E-state index in [9.17, 15) is 9.59 Å². The number of carbonyl (C=O) groups excluding carboxylic acids is 2. The van der Waals surface area contributed by atoms with Crippen molar-refractivity contribution >= 4 is 12.0 Å². The van der Waals surface area contributed by atoms with Crippen molar-refractivity contribution in [1.82, 2.24) is 20.0 Å². The van der Waals surface area contributed by atoms with E-state index in [4.69, 9.17) is 9.47 Å².